The van der Waals surface area contributed by atoms with Crippen molar-refractivity contribution in [3.63, 3.8) is 0 Å². The minimum atomic E-state index is -0.970. The highest BCUT2D eigenvalue weighted by molar-refractivity contribution is 8.76. The van der Waals surface area contributed by atoms with Crippen LogP contribution in [0.25, 0.3) is 0 Å². The number of nitrogens with one attached hydrogen (secondary N) is 1. The normalized spacial score (nSPS) is 13.6. The molecule has 0 saturated carbocycles. The lowest BCUT2D eigenvalue weighted by molar-refractivity contribution is -0.146. The molecule has 2 atom stereocenters. The molecule has 5 nitrogen and oxygen atoms in total. The standard InChI is InChI=1S/C15H29NO4S2/c1-4-6-7-8-9-10-21-22-11-13(15(19)20-5-2)16-12(3)14(17)18/h12-13,16H,4-11H2,1-3H3,(H,17,18)/t12?,13-/m0/s1. The fourth-order valence-electron chi connectivity index (χ4n) is 1.74. The Balaban J connectivity index is 3.98. The number of carbonyl (C=O) groups excluding carboxylic acids is 1. The number of hydrogen-bond donors (Lipinski definition) is 2. The molecule has 0 saturated heterocycles. The molecule has 0 heterocycles. The topological polar surface area (TPSA) is 75.6 Å². The van der Waals surface area contributed by atoms with Crippen molar-refractivity contribution in [2.75, 3.05) is 18.1 Å². The molecule has 0 aromatic heterocycles. The predicted octanol–water partition coefficient (Wildman–Crippen LogP) is 3.33. The summed E-state index contributed by atoms with van der Waals surface area (Å²) in [5, 5.41) is 11.7. The summed E-state index contributed by atoms with van der Waals surface area (Å²) in [4.78, 5) is 22.7. The second-order valence-electron chi connectivity index (χ2n) is 5.05. The smallest absolute Gasteiger partial charge is 0.324 e. The lowest BCUT2D eigenvalue weighted by Crippen LogP contribution is -2.47. The van der Waals surface area contributed by atoms with Crippen LogP contribution in [-0.2, 0) is 14.3 Å². The number of rotatable bonds is 14. The molecule has 0 radical (unpaired) electrons. The van der Waals surface area contributed by atoms with Gasteiger partial charge in [0.05, 0.1) is 6.61 Å². The summed E-state index contributed by atoms with van der Waals surface area (Å²) in [6, 6.07) is -1.35. The van der Waals surface area contributed by atoms with Gasteiger partial charge >= 0.3 is 11.9 Å². The molecule has 2 N–H and O–H groups in total. The molecule has 7 heteroatoms. The van der Waals surface area contributed by atoms with Crippen LogP contribution >= 0.6 is 21.6 Å². The average molecular weight is 352 g/mol. The van der Waals surface area contributed by atoms with Crippen molar-refractivity contribution in [2.24, 2.45) is 0 Å². The molecular weight excluding hydrogens is 322 g/mol. The number of carbonyl (C=O) groups is 2. The van der Waals surface area contributed by atoms with Gasteiger partial charge in [-0.25, -0.2) is 0 Å². The van der Waals surface area contributed by atoms with Crippen LogP contribution in [0, 0.1) is 0 Å². The molecule has 0 aliphatic rings. The van der Waals surface area contributed by atoms with Gasteiger partial charge in [-0.05, 0) is 20.3 Å². The molecule has 130 valence electrons. The summed E-state index contributed by atoms with van der Waals surface area (Å²) < 4.78 is 4.99. The maximum atomic E-state index is 11.8. The highest BCUT2D eigenvalue weighted by Crippen LogP contribution is 2.24. The van der Waals surface area contributed by atoms with Crippen molar-refractivity contribution in [2.45, 2.75) is 65.0 Å². The van der Waals surface area contributed by atoms with Crippen LogP contribution in [0.1, 0.15) is 52.9 Å². The van der Waals surface area contributed by atoms with E-state index in [2.05, 4.69) is 12.2 Å². The Bertz CT molecular complexity index is 316. The molecule has 0 bridgehead atoms. The fourth-order valence-corrected chi connectivity index (χ4v) is 4.05. The predicted molar refractivity (Wildman–Crippen MR) is 94.3 cm³/mol. The molecule has 22 heavy (non-hydrogen) atoms. The van der Waals surface area contributed by atoms with E-state index >= 15 is 0 Å². The third kappa shape index (κ3) is 11.2. The quantitative estimate of drug-likeness (QED) is 0.282. The zero-order valence-corrected chi connectivity index (χ0v) is 15.4. The second kappa shape index (κ2) is 14.2. The van der Waals surface area contributed by atoms with Gasteiger partial charge in [0.15, 0.2) is 0 Å². The number of hydrogen-bond acceptors (Lipinski definition) is 6. The van der Waals surface area contributed by atoms with Crippen LogP contribution in [0.3, 0.4) is 0 Å². The van der Waals surface area contributed by atoms with Crippen molar-refractivity contribution in [1.82, 2.24) is 5.32 Å². The largest absolute Gasteiger partial charge is 0.480 e. The van der Waals surface area contributed by atoms with E-state index in [0.717, 1.165) is 5.75 Å². The van der Waals surface area contributed by atoms with Crippen LogP contribution in [-0.4, -0.2) is 47.2 Å². The van der Waals surface area contributed by atoms with Crippen molar-refractivity contribution < 1.29 is 19.4 Å². The van der Waals surface area contributed by atoms with Gasteiger partial charge in [-0.15, -0.1) is 0 Å². The highest BCUT2D eigenvalue weighted by Gasteiger charge is 2.24. The van der Waals surface area contributed by atoms with Gasteiger partial charge in [0.1, 0.15) is 12.1 Å². The number of esters is 1. The van der Waals surface area contributed by atoms with E-state index < -0.39 is 18.1 Å². The van der Waals surface area contributed by atoms with Gasteiger partial charge in [-0.2, -0.15) is 0 Å². The van der Waals surface area contributed by atoms with Crippen LogP contribution in [0.2, 0.25) is 0 Å². The van der Waals surface area contributed by atoms with E-state index in [1.165, 1.54) is 39.0 Å². The minimum Gasteiger partial charge on any atom is -0.480 e. The van der Waals surface area contributed by atoms with Gasteiger partial charge in [0.25, 0.3) is 0 Å². The van der Waals surface area contributed by atoms with Crippen LogP contribution in [0.5, 0.6) is 0 Å². The molecule has 0 aromatic carbocycles. The minimum absolute atomic E-state index is 0.299. The lowest BCUT2D eigenvalue weighted by atomic mass is 10.2. The highest BCUT2D eigenvalue weighted by atomic mass is 33.1. The number of carboxylic acids is 1. The third-order valence-electron chi connectivity index (χ3n) is 3.04. The molecule has 0 fully saturated rings. The Morgan fingerprint density at radius 1 is 1.14 bits per heavy atom. The molecule has 1 unspecified atom stereocenters. The zero-order chi connectivity index (χ0) is 16.8. The maximum Gasteiger partial charge on any atom is 0.324 e. The van der Waals surface area contributed by atoms with E-state index in [0.29, 0.717) is 12.4 Å². The molecule has 0 spiro atoms. The fraction of sp³-hybridized carbons (Fsp3) is 0.867. The van der Waals surface area contributed by atoms with E-state index in [-0.39, 0.29) is 5.97 Å². The lowest BCUT2D eigenvalue weighted by Gasteiger charge is -2.19. The van der Waals surface area contributed by atoms with Gasteiger partial charge in [-0.1, -0.05) is 54.2 Å². The molecule has 0 aromatic rings. The Kier molecular flexibility index (Phi) is 14.0. The number of aliphatic carboxylic acids is 1. The van der Waals surface area contributed by atoms with Crippen LogP contribution < -0.4 is 5.32 Å². The van der Waals surface area contributed by atoms with E-state index in [1.807, 2.05) is 0 Å². The number of carboxylic acid groups (broad SMARTS) is 1. The summed E-state index contributed by atoms with van der Waals surface area (Å²) in [5.41, 5.74) is 0. The van der Waals surface area contributed by atoms with E-state index in [1.54, 1.807) is 28.5 Å². The van der Waals surface area contributed by atoms with Gasteiger partial charge < -0.3 is 9.84 Å². The number of unbranched alkanes of at least 4 members (excludes halogenated alkanes) is 4. The first-order valence-corrected chi connectivity index (χ1v) is 10.4. The summed E-state index contributed by atoms with van der Waals surface area (Å²) in [7, 11) is 3.33. The summed E-state index contributed by atoms with van der Waals surface area (Å²) in [6.45, 7) is 5.77. The van der Waals surface area contributed by atoms with Gasteiger partial charge in [0.2, 0.25) is 0 Å². The first-order valence-electron chi connectivity index (χ1n) is 7.92. The summed E-state index contributed by atoms with van der Waals surface area (Å²) >= 11 is 0. The summed E-state index contributed by atoms with van der Waals surface area (Å²) in [5.74, 6) is 0.212. The van der Waals surface area contributed by atoms with Crippen LogP contribution in [0.4, 0.5) is 0 Å². The number of ether oxygens (including phenoxy) is 1. The zero-order valence-electron chi connectivity index (χ0n) is 13.8. The van der Waals surface area contributed by atoms with Crippen molar-refractivity contribution >= 4 is 33.5 Å². The summed E-state index contributed by atoms with van der Waals surface area (Å²) in [6.07, 6.45) is 6.25. The van der Waals surface area contributed by atoms with Crippen molar-refractivity contribution in [3.05, 3.63) is 0 Å². The Morgan fingerprint density at radius 3 is 2.41 bits per heavy atom. The van der Waals surface area contributed by atoms with Gasteiger partial charge in [0, 0.05) is 11.5 Å². The van der Waals surface area contributed by atoms with E-state index in [9.17, 15) is 9.59 Å². The molecule has 0 rings (SSSR count). The van der Waals surface area contributed by atoms with Crippen molar-refractivity contribution in [3.8, 4) is 0 Å². The maximum absolute atomic E-state index is 11.8. The SMILES string of the molecule is CCCCCCCSSC[C@H](NC(C)C(=O)O)C(=O)OCC. The monoisotopic (exact) mass is 351 g/mol. The molecule has 0 aliphatic carbocycles. The van der Waals surface area contributed by atoms with E-state index in [4.69, 9.17) is 9.84 Å². The third-order valence-corrected chi connectivity index (χ3v) is 5.54. The van der Waals surface area contributed by atoms with Crippen LogP contribution in [0.15, 0.2) is 0 Å². The first-order chi connectivity index (χ1) is 10.5. The average Bonchev–Trinajstić information content (AvgIpc) is 2.48. The van der Waals surface area contributed by atoms with Gasteiger partial charge in [-0.3, -0.25) is 14.9 Å². The Hall–Kier alpha value is -0.400. The van der Waals surface area contributed by atoms with Crippen molar-refractivity contribution in [1.29, 1.82) is 0 Å². The molecular formula is C15H29NO4S2. The first kappa shape index (κ1) is 21.6. The Morgan fingerprint density at radius 2 is 1.82 bits per heavy atom. The second-order valence-corrected chi connectivity index (χ2v) is 7.68. The molecule has 0 aliphatic heterocycles. The Labute approximate surface area is 141 Å². The molecule has 0 amide bonds.